The van der Waals surface area contributed by atoms with Gasteiger partial charge in [0.25, 0.3) is 0 Å². The third kappa shape index (κ3) is 5.10. The predicted octanol–water partition coefficient (Wildman–Crippen LogP) is 5.75. The molecular formula is C28H26F3N3O3. The highest BCUT2D eigenvalue weighted by Gasteiger charge is 2.45. The maximum absolute atomic E-state index is 13.2. The number of hydrogen-bond acceptors (Lipinski definition) is 6. The zero-order valence-corrected chi connectivity index (χ0v) is 20.5. The first-order valence-corrected chi connectivity index (χ1v) is 11.9. The van der Waals surface area contributed by atoms with Crippen LogP contribution in [0.1, 0.15) is 36.5 Å². The Balaban J connectivity index is 1.62. The van der Waals surface area contributed by atoms with Crippen LogP contribution in [0.5, 0.6) is 5.75 Å². The second-order valence-corrected chi connectivity index (χ2v) is 8.76. The van der Waals surface area contributed by atoms with Crippen molar-refractivity contribution in [1.29, 1.82) is 5.26 Å². The van der Waals surface area contributed by atoms with Crippen molar-refractivity contribution in [2.75, 3.05) is 31.7 Å². The molecule has 1 aliphatic heterocycles. The Kier molecular flexibility index (Phi) is 7.39. The molecule has 3 aromatic rings. The third-order valence-electron chi connectivity index (χ3n) is 6.77. The van der Waals surface area contributed by atoms with Crippen molar-refractivity contribution in [3.05, 3.63) is 77.5 Å². The molecule has 0 N–H and O–H groups in total. The van der Waals surface area contributed by atoms with Crippen LogP contribution in [-0.2, 0) is 21.1 Å². The van der Waals surface area contributed by atoms with E-state index in [0.29, 0.717) is 48.6 Å². The van der Waals surface area contributed by atoms with E-state index in [1.54, 1.807) is 20.2 Å². The number of nitriles is 1. The molecule has 4 rings (SSSR count). The number of benzene rings is 2. The van der Waals surface area contributed by atoms with Gasteiger partial charge in [-0.3, -0.25) is 9.78 Å². The lowest BCUT2D eigenvalue weighted by molar-refractivity contribution is -0.151. The van der Waals surface area contributed by atoms with E-state index in [1.807, 2.05) is 47.4 Å². The van der Waals surface area contributed by atoms with E-state index >= 15 is 0 Å². The van der Waals surface area contributed by atoms with Gasteiger partial charge >= 0.3 is 12.1 Å². The van der Waals surface area contributed by atoms with Crippen molar-refractivity contribution in [2.24, 2.45) is 0 Å². The van der Waals surface area contributed by atoms with E-state index < -0.39 is 17.2 Å². The molecule has 9 heteroatoms. The van der Waals surface area contributed by atoms with Crippen molar-refractivity contribution in [3.8, 4) is 23.1 Å². The quantitative estimate of drug-likeness (QED) is 0.394. The van der Waals surface area contributed by atoms with Gasteiger partial charge < -0.3 is 14.4 Å². The number of aromatic nitrogens is 1. The Bertz CT molecular complexity index is 1310. The highest BCUT2D eigenvalue weighted by atomic mass is 19.4. The highest BCUT2D eigenvalue weighted by Crippen LogP contribution is 2.40. The molecule has 1 saturated heterocycles. The van der Waals surface area contributed by atoms with Crippen molar-refractivity contribution in [2.45, 2.75) is 31.4 Å². The molecule has 0 amide bonds. The lowest BCUT2D eigenvalue weighted by atomic mass is 9.73. The van der Waals surface area contributed by atoms with E-state index in [2.05, 4.69) is 4.98 Å². The van der Waals surface area contributed by atoms with E-state index in [9.17, 15) is 23.2 Å². The summed E-state index contributed by atoms with van der Waals surface area (Å²) in [7, 11) is 1.59. The number of carbonyl (C=O) groups is 1. The minimum atomic E-state index is -4.53. The summed E-state index contributed by atoms with van der Waals surface area (Å²) < 4.78 is 50.2. The average Bonchev–Trinajstić information content (AvgIpc) is 2.92. The number of ether oxygens (including phenoxy) is 2. The Morgan fingerprint density at radius 1 is 1.14 bits per heavy atom. The van der Waals surface area contributed by atoms with Crippen molar-refractivity contribution < 1.29 is 27.4 Å². The van der Waals surface area contributed by atoms with Gasteiger partial charge in [0.15, 0.2) is 0 Å². The van der Waals surface area contributed by atoms with E-state index in [1.165, 1.54) is 6.07 Å². The van der Waals surface area contributed by atoms with E-state index in [4.69, 9.17) is 9.47 Å². The fraction of sp³-hybridized carbons (Fsp3) is 0.321. The predicted molar refractivity (Wildman–Crippen MR) is 132 cm³/mol. The Morgan fingerprint density at radius 2 is 1.86 bits per heavy atom. The summed E-state index contributed by atoms with van der Waals surface area (Å²) in [5, 5.41) is 9.50. The molecule has 192 valence electrons. The number of carbonyl (C=O) groups excluding carboxylic acids is 1. The SMILES string of the molecule is CCOC(=O)C1(c2ccc(-c3ccccc3OC)nc2)CCN(c2ccc(C(F)(F)F)cc2C#N)CC1. The smallest absolute Gasteiger partial charge is 0.416 e. The van der Waals surface area contributed by atoms with Crippen LogP contribution in [0.2, 0.25) is 0 Å². The lowest BCUT2D eigenvalue weighted by Crippen LogP contribution is -2.48. The number of pyridine rings is 1. The van der Waals surface area contributed by atoms with Gasteiger partial charge in [0, 0.05) is 24.8 Å². The molecule has 6 nitrogen and oxygen atoms in total. The summed E-state index contributed by atoms with van der Waals surface area (Å²) in [5.41, 5.74) is 0.754. The number of esters is 1. The summed E-state index contributed by atoms with van der Waals surface area (Å²) in [6.07, 6.45) is -2.15. The molecule has 0 atom stereocenters. The molecule has 0 unspecified atom stereocenters. The largest absolute Gasteiger partial charge is 0.496 e. The van der Waals surface area contributed by atoms with Crippen LogP contribution < -0.4 is 9.64 Å². The van der Waals surface area contributed by atoms with Crippen LogP contribution in [0.25, 0.3) is 11.3 Å². The van der Waals surface area contributed by atoms with Gasteiger partial charge in [0.1, 0.15) is 11.8 Å². The number of para-hydroxylation sites is 1. The first kappa shape index (κ1) is 26.0. The number of nitrogens with zero attached hydrogens (tertiary/aromatic N) is 3. The topological polar surface area (TPSA) is 75.5 Å². The molecule has 0 saturated carbocycles. The molecule has 2 aromatic carbocycles. The lowest BCUT2D eigenvalue weighted by Gasteiger charge is -2.41. The van der Waals surface area contributed by atoms with Crippen LogP contribution in [-0.4, -0.2) is 37.8 Å². The monoisotopic (exact) mass is 509 g/mol. The molecule has 37 heavy (non-hydrogen) atoms. The second-order valence-electron chi connectivity index (χ2n) is 8.76. The summed E-state index contributed by atoms with van der Waals surface area (Å²) in [4.78, 5) is 19.7. The molecule has 1 fully saturated rings. The maximum Gasteiger partial charge on any atom is 0.416 e. The summed E-state index contributed by atoms with van der Waals surface area (Å²) in [5.74, 6) is 0.315. The number of anilines is 1. The van der Waals surface area contributed by atoms with Gasteiger partial charge in [-0.2, -0.15) is 18.4 Å². The third-order valence-corrected chi connectivity index (χ3v) is 6.77. The molecule has 0 spiro atoms. The van der Waals surface area contributed by atoms with Crippen LogP contribution in [0.15, 0.2) is 60.8 Å². The summed E-state index contributed by atoms with van der Waals surface area (Å²) >= 11 is 0. The average molecular weight is 510 g/mol. The molecule has 0 radical (unpaired) electrons. The normalized spacial score (nSPS) is 15.1. The van der Waals surface area contributed by atoms with Crippen LogP contribution in [0, 0.1) is 11.3 Å². The van der Waals surface area contributed by atoms with Gasteiger partial charge in [0.05, 0.1) is 41.6 Å². The Hall–Kier alpha value is -4.06. The van der Waals surface area contributed by atoms with Crippen molar-refractivity contribution in [3.63, 3.8) is 0 Å². The minimum Gasteiger partial charge on any atom is -0.496 e. The van der Waals surface area contributed by atoms with Gasteiger partial charge in [0.2, 0.25) is 0 Å². The number of alkyl halides is 3. The van der Waals surface area contributed by atoms with Gasteiger partial charge in [-0.25, -0.2) is 0 Å². The van der Waals surface area contributed by atoms with E-state index in [0.717, 1.165) is 17.7 Å². The van der Waals surface area contributed by atoms with Gasteiger partial charge in [-0.1, -0.05) is 18.2 Å². The van der Waals surface area contributed by atoms with Crippen LogP contribution in [0.3, 0.4) is 0 Å². The van der Waals surface area contributed by atoms with Crippen LogP contribution >= 0.6 is 0 Å². The fourth-order valence-corrected chi connectivity index (χ4v) is 4.78. The van der Waals surface area contributed by atoms with Crippen molar-refractivity contribution >= 4 is 11.7 Å². The highest BCUT2D eigenvalue weighted by molar-refractivity contribution is 5.84. The second kappa shape index (κ2) is 10.5. The number of piperidine rings is 1. The summed E-state index contributed by atoms with van der Waals surface area (Å²) in [6.45, 7) is 2.67. The zero-order valence-electron chi connectivity index (χ0n) is 20.5. The minimum absolute atomic E-state index is 0.0544. The molecule has 1 aromatic heterocycles. The first-order valence-electron chi connectivity index (χ1n) is 11.9. The standard InChI is InChI=1S/C28H26F3N3O3/c1-3-37-26(35)27(21-8-10-23(33-18-21)22-6-4-5-7-25(22)36-2)12-14-34(15-13-27)24-11-9-20(28(29,30)31)16-19(24)17-32/h4-11,16,18H,3,12-15H2,1-2H3. The fourth-order valence-electron chi connectivity index (χ4n) is 4.78. The molecular weight excluding hydrogens is 483 g/mol. The Morgan fingerprint density at radius 3 is 2.46 bits per heavy atom. The van der Waals surface area contributed by atoms with Gasteiger partial charge in [-0.05, 0) is 61.7 Å². The molecule has 1 aliphatic rings. The zero-order chi connectivity index (χ0) is 26.6. The Labute approximate surface area is 213 Å². The molecule has 0 bridgehead atoms. The van der Waals surface area contributed by atoms with E-state index in [-0.39, 0.29) is 18.1 Å². The van der Waals surface area contributed by atoms with Crippen molar-refractivity contribution in [1.82, 2.24) is 4.98 Å². The number of methoxy groups -OCH3 is 1. The number of hydrogen-bond donors (Lipinski definition) is 0. The van der Waals surface area contributed by atoms with Gasteiger partial charge in [-0.15, -0.1) is 0 Å². The van der Waals surface area contributed by atoms with Crippen LogP contribution in [0.4, 0.5) is 18.9 Å². The number of halogens is 3. The summed E-state index contributed by atoms with van der Waals surface area (Å²) in [6, 6.07) is 16.2. The molecule has 2 heterocycles. The maximum atomic E-state index is 13.2. The first-order chi connectivity index (χ1) is 17.7. The number of rotatable bonds is 6. The molecule has 0 aliphatic carbocycles.